The Morgan fingerprint density at radius 2 is 2.05 bits per heavy atom. The number of phenolic OH excluding ortho intramolecular Hbond substituents is 1. The first kappa shape index (κ1) is 12.6. The zero-order valence-electron chi connectivity index (χ0n) is 10.2. The van der Waals surface area contributed by atoms with Gasteiger partial charge in [-0.05, 0) is 58.8 Å². The number of para-hydroxylation sites is 1. The van der Waals surface area contributed by atoms with Crippen molar-refractivity contribution >= 4 is 22.6 Å². The number of phenols is 1. The van der Waals surface area contributed by atoms with Crippen LogP contribution in [-0.4, -0.2) is 11.4 Å². The van der Waals surface area contributed by atoms with Crippen LogP contribution in [0.15, 0.2) is 42.5 Å². The normalized spacial score (nSPS) is 17.4. The molecule has 0 aliphatic carbocycles. The van der Waals surface area contributed by atoms with E-state index < -0.39 is 0 Å². The van der Waals surface area contributed by atoms with E-state index in [9.17, 15) is 5.11 Å². The minimum absolute atomic E-state index is 0.267. The minimum Gasteiger partial charge on any atom is -0.507 e. The van der Waals surface area contributed by atoms with Gasteiger partial charge in [-0.3, -0.25) is 0 Å². The van der Waals surface area contributed by atoms with Crippen LogP contribution in [0, 0.1) is 3.57 Å². The molecule has 0 saturated heterocycles. The molecule has 98 valence electrons. The first-order valence-corrected chi connectivity index (χ1v) is 7.20. The largest absolute Gasteiger partial charge is 0.507 e. The van der Waals surface area contributed by atoms with E-state index in [1.807, 2.05) is 18.2 Å². The molecule has 0 unspecified atom stereocenters. The van der Waals surface area contributed by atoms with Crippen LogP contribution >= 0.6 is 22.6 Å². The van der Waals surface area contributed by atoms with Crippen LogP contribution < -0.4 is 9.47 Å². The van der Waals surface area contributed by atoms with Crippen molar-refractivity contribution < 1.29 is 14.6 Å². The molecule has 0 amide bonds. The van der Waals surface area contributed by atoms with E-state index >= 15 is 0 Å². The summed E-state index contributed by atoms with van der Waals surface area (Å²) in [5.74, 6) is 1.88. The van der Waals surface area contributed by atoms with E-state index in [-0.39, 0.29) is 12.0 Å². The average molecular weight is 368 g/mol. The summed E-state index contributed by atoms with van der Waals surface area (Å²) in [7, 11) is 0. The third kappa shape index (κ3) is 2.78. The quantitative estimate of drug-likeness (QED) is 0.822. The van der Waals surface area contributed by atoms with Gasteiger partial charge in [0.15, 0.2) is 0 Å². The molecule has 0 saturated carbocycles. The molecule has 2 aromatic rings. The van der Waals surface area contributed by atoms with Gasteiger partial charge in [0, 0.05) is 6.42 Å². The summed E-state index contributed by atoms with van der Waals surface area (Å²) in [6.07, 6.45) is 1.51. The second kappa shape index (κ2) is 5.28. The first-order chi connectivity index (χ1) is 9.22. The van der Waals surface area contributed by atoms with Gasteiger partial charge in [-0.2, -0.15) is 0 Å². The van der Waals surface area contributed by atoms with Crippen molar-refractivity contribution in [3.05, 3.63) is 51.6 Å². The van der Waals surface area contributed by atoms with Gasteiger partial charge in [0.1, 0.15) is 17.2 Å². The topological polar surface area (TPSA) is 38.7 Å². The fraction of sp³-hybridized carbons (Fsp3) is 0.200. The monoisotopic (exact) mass is 368 g/mol. The van der Waals surface area contributed by atoms with Gasteiger partial charge in [0.25, 0.3) is 0 Å². The summed E-state index contributed by atoms with van der Waals surface area (Å²) in [6, 6.07) is 13.2. The lowest BCUT2D eigenvalue weighted by molar-refractivity contribution is -0.00987. The zero-order chi connectivity index (χ0) is 13.2. The highest BCUT2D eigenvalue weighted by atomic mass is 127. The van der Waals surface area contributed by atoms with Crippen molar-refractivity contribution in [3.8, 4) is 17.2 Å². The zero-order valence-corrected chi connectivity index (χ0v) is 12.3. The minimum atomic E-state index is -0.268. The molecule has 1 atom stereocenters. The van der Waals surface area contributed by atoms with Crippen molar-refractivity contribution in [2.24, 2.45) is 0 Å². The number of halogens is 1. The number of hydrogen-bond acceptors (Lipinski definition) is 3. The highest BCUT2D eigenvalue weighted by Crippen LogP contribution is 2.30. The van der Waals surface area contributed by atoms with E-state index in [1.165, 1.54) is 5.56 Å². The third-order valence-electron chi connectivity index (χ3n) is 3.07. The van der Waals surface area contributed by atoms with Gasteiger partial charge < -0.3 is 14.6 Å². The molecule has 0 radical (unpaired) electrons. The maximum absolute atomic E-state index is 9.49. The van der Waals surface area contributed by atoms with Gasteiger partial charge in [-0.1, -0.05) is 18.2 Å². The lowest BCUT2D eigenvalue weighted by Gasteiger charge is -2.26. The Hall–Kier alpha value is -1.43. The van der Waals surface area contributed by atoms with Gasteiger partial charge in [-0.25, -0.2) is 0 Å². The number of fused-ring (bicyclic) bond motifs is 1. The van der Waals surface area contributed by atoms with Gasteiger partial charge in [0.05, 0.1) is 3.57 Å². The summed E-state index contributed by atoms with van der Waals surface area (Å²) in [5.41, 5.74) is 1.22. The van der Waals surface area contributed by atoms with Crippen LogP contribution in [0.3, 0.4) is 0 Å². The standard InChI is InChI=1S/C15H13IO3/c16-12-9-11(6-7-13(12)17)18-15-8-5-10-3-1-2-4-14(10)19-15/h1-4,6-7,9,15,17H,5,8H2/t15-/m0/s1. The highest BCUT2D eigenvalue weighted by molar-refractivity contribution is 14.1. The summed E-state index contributed by atoms with van der Waals surface area (Å²) < 4.78 is 12.4. The molecule has 0 bridgehead atoms. The number of benzene rings is 2. The molecule has 0 aromatic heterocycles. The van der Waals surface area contributed by atoms with E-state index in [0.29, 0.717) is 5.75 Å². The smallest absolute Gasteiger partial charge is 0.241 e. The maximum atomic E-state index is 9.49. The molecule has 1 N–H and O–H groups in total. The van der Waals surface area contributed by atoms with Gasteiger partial charge >= 0.3 is 0 Å². The van der Waals surface area contributed by atoms with E-state index in [1.54, 1.807) is 18.2 Å². The second-order valence-corrected chi connectivity index (χ2v) is 5.59. The van der Waals surface area contributed by atoms with Crippen LogP contribution in [0.25, 0.3) is 0 Å². The fourth-order valence-corrected chi connectivity index (χ4v) is 2.58. The van der Waals surface area contributed by atoms with Crippen molar-refractivity contribution in [3.63, 3.8) is 0 Å². The molecule has 1 heterocycles. The van der Waals surface area contributed by atoms with Crippen LogP contribution in [0.1, 0.15) is 12.0 Å². The van der Waals surface area contributed by atoms with Crippen LogP contribution in [-0.2, 0) is 6.42 Å². The molecule has 1 aliphatic rings. The lowest BCUT2D eigenvalue weighted by atomic mass is 10.1. The van der Waals surface area contributed by atoms with Crippen molar-refractivity contribution in [2.75, 3.05) is 0 Å². The number of aryl methyl sites for hydroxylation is 1. The Bertz CT molecular complexity index is 598. The van der Waals surface area contributed by atoms with Crippen LogP contribution in [0.2, 0.25) is 0 Å². The molecule has 3 rings (SSSR count). The van der Waals surface area contributed by atoms with E-state index in [0.717, 1.165) is 22.2 Å². The molecule has 1 aliphatic heterocycles. The van der Waals surface area contributed by atoms with E-state index in [2.05, 4.69) is 28.7 Å². The first-order valence-electron chi connectivity index (χ1n) is 6.12. The molecule has 19 heavy (non-hydrogen) atoms. The van der Waals surface area contributed by atoms with Gasteiger partial charge in [0.2, 0.25) is 6.29 Å². The second-order valence-electron chi connectivity index (χ2n) is 4.42. The fourth-order valence-electron chi connectivity index (χ4n) is 2.09. The summed E-state index contributed by atoms with van der Waals surface area (Å²) in [5, 5.41) is 9.49. The Morgan fingerprint density at radius 1 is 1.21 bits per heavy atom. The van der Waals surface area contributed by atoms with Crippen LogP contribution in [0.4, 0.5) is 0 Å². The predicted molar refractivity (Wildman–Crippen MR) is 80.6 cm³/mol. The summed E-state index contributed by atoms with van der Waals surface area (Å²) in [4.78, 5) is 0. The molecule has 4 heteroatoms. The van der Waals surface area contributed by atoms with Crippen molar-refractivity contribution in [1.82, 2.24) is 0 Å². The van der Waals surface area contributed by atoms with E-state index in [4.69, 9.17) is 9.47 Å². The van der Waals surface area contributed by atoms with Gasteiger partial charge in [-0.15, -0.1) is 0 Å². The number of aromatic hydroxyl groups is 1. The number of ether oxygens (including phenoxy) is 2. The van der Waals surface area contributed by atoms with Crippen molar-refractivity contribution in [1.29, 1.82) is 0 Å². The van der Waals surface area contributed by atoms with Crippen molar-refractivity contribution in [2.45, 2.75) is 19.1 Å². The van der Waals surface area contributed by atoms with Crippen LogP contribution in [0.5, 0.6) is 17.2 Å². The lowest BCUT2D eigenvalue weighted by Crippen LogP contribution is -2.28. The molecule has 0 fully saturated rings. The maximum Gasteiger partial charge on any atom is 0.241 e. The summed E-state index contributed by atoms with van der Waals surface area (Å²) in [6.45, 7) is 0. The molecule has 3 nitrogen and oxygen atoms in total. The molecule has 0 spiro atoms. The average Bonchev–Trinajstić information content (AvgIpc) is 2.43. The number of hydrogen-bond donors (Lipinski definition) is 1. The Morgan fingerprint density at radius 3 is 2.89 bits per heavy atom. The number of rotatable bonds is 2. The summed E-state index contributed by atoms with van der Waals surface area (Å²) >= 11 is 2.07. The highest BCUT2D eigenvalue weighted by Gasteiger charge is 2.20. The Balaban J connectivity index is 1.73. The molecule has 2 aromatic carbocycles. The third-order valence-corrected chi connectivity index (χ3v) is 3.93. The molecular weight excluding hydrogens is 355 g/mol. The Labute approximate surface area is 125 Å². The Kier molecular flexibility index (Phi) is 3.50. The predicted octanol–water partition coefficient (Wildman–Crippen LogP) is 3.73. The SMILES string of the molecule is Oc1ccc(O[C@@H]2CCc3ccccc3O2)cc1I. The molecular formula is C15H13IO3.